The Labute approximate surface area is 152 Å². The molecular weight excluding hydrogens is 372 g/mol. The predicted octanol–water partition coefficient (Wildman–Crippen LogP) is 4.98. The molecule has 0 saturated carbocycles. The largest absolute Gasteiger partial charge is 0.462 e. The number of halogens is 3. The summed E-state index contributed by atoms with van der Waals surface area (Å²) in [7, 11) is 0. The zero-order valence-electron chi connectivity index (χ0n) is 13.8. The molecule has 1 amide bonds. The van der Waals surface area contributed by atoms with Gasteiger partial charge in [-0.3, -0.25) is 4.79 Å². The molecule has 1 heterocycles. The summed E-state index contributed by atoms with van der Waals surface area (Å²) in [6.07, 6.45) is 0.582. The van der Waals surface area contributed by atoms with Gasteiger partial charge in [-0.2, -0.15) is 0 Å². The number of esters is 1. The Bertz CT molecular complexity index is 836. The van der Waals surface area contributed by atoms with Crippen LogP contribution in [0.2, 0.25) is 5.02 Å². The lowest BCUT2D eigenvalue weighted by Crippen LogP contribution is -2.16. The van der Waals surface area contributed by atoms with Crippen LogP contribution >= 0.6 is 22.9 Å². The van der Waals surface area contributed by atoms with Crippen molar-refractivity contribution in [3.8, 4) is 0 Å². The molecule has 4 nitrogen and oxygen atoms in total. The first-order valence-corrected chi connectivity index (χ1v) is 8.74. The maximum absolute atomic E-state index is 13.4. The number of carbonyl (C=O) groups is 2. The maximum Gasteiger partial charge on any atom is 0.341 e. The van der Waals surface area contributed by atoms with Gasteiger partial charge in [0.1, 0.15) is 5.00 Å². The number of aryl methyl sites for hydroxylation is 1. The Morgan fingerprint density at radius 1 is 1.24 bits per heavy atom. The van der Waals surface area contributed by atoms with Crippen molar-refractivity contribution in [3.63, 3.8) is 0 Å². The number of anilines is 1. The molecule has 8 heteroatoms. The van der Waals surface area contributed by atoms with Gasteiger partial charge in [0.25, 0.3) is 5.91 Å². The van der Waals surface area contributed by atoms with Crippen LogP contribution in [0.4, 0.5) is 13.8 Å². The Hall–Kier alpha value is -1.99. The lowest BCUT2D eigenvalue weighted by Gasteiger charge is -2.09. The highest BCUT2D eigenvalue weighted by Gasteiger charge is 2.24. The lowest BCUT2D eigenvalue weighted by atomic mass is 10.1. The minimum Gasteiger partial charge on any atom is -0.462 e. The second kappa shape index (κ2) is 7.93. The zero-order valence-corrected chi connectivity index (χ0v) is 15.4. The Morgan fingerprint density at radius 2 is 1.88 bits per heavy atom. The molecule has 0 bridgehead atoms. The number of ether oxygens (including phenoxy) is 1. The molecule has 1 N–H and O–H groups in total. The van der Waals surface area contributed by atoms with Gasteiger partial charge < -0.3 is 10.1 Å². The number of benzene rings is 1. The van der Waals surface area contributed by atoms with Gasteiger partial charge in [-0.15, -0.1) is 11.3 Å². The van der Waals surface area contributed by atoms with Crippen molar-refractivity contribution in [1.82, 2.24) is 0 Å². The van der Waals surface area contributed by atoms with Crippen LogP contribution in [0.3, 0.4) is 0 Å². The fourth-order valence-corrected chi connectivity index (χ4v) is 3.74. The molecule has 0 aliphatic heterocycles. The van der Waals surface area contributed by atoms with Gasteiger partial charge in [0.2, 0.25) is 0 Å². The van der Waals surface area contributed by atoms with Crippen molar-refractivity contribution in [2.45, 2.75) is 27.2 Å². The third-order valence-corrected chi connectivity index (χ3v) is 4.90. The normalized spacial score (nSPS) is 10.6. The summed E-state index contributed by atoms with van der Waals surface area (Å²) in [5, 5.41) is 2.62. The van der Waals surface area contributed by atoms with Gasteiger partial charge in [0.05, 0.1) is 22.8 Å². The molecule has 2 aromatic rings. The molecule has 0 fully saturated rings. The summed E-state index contributed by atoms with van der Waals surface area (Å²) in [6.45, 7) is 5.59. The van der Waals surface area contributed by atoms with E-state index in [9.17, 15) is 18.4 Å². The highest BCUT2D eigenvalue weighted by molar-refractivity contribution is 7.16. The van der Waals surface area contributed by atoms with E-state index in [0.29, 0.717) is 11.4 Å². The molecule has 0 aliphatic carbocycles. The highest BCUT2D eigenvalue weighted by Crippen LogP contribution is 2.35. The van der Waals surface area contributed by atoms with Gasteiger partial charge >= 0.3 is 5.97 Å². The molecule has 0 atom stereocenters. The smallest absolute Gasteiger partial charge is 0.341 e. The monoisotopic (exact) mass is 387 g/mol. The van der Waals surface area contributed by atoms with Crippen LogP contribution in [0.25, 0.3) is 0 Å². The van der Waals surface area contributed by atoms with E-state index in [1.807, 2.05) is 13.8 Å². The van der Waals surface area contributed by atoms with Crippen molar-refractivity contribution >= 4 is 39.8 Å². The number of carbonyl (C=O) groups excluding carboxylic acids is 2. The number of nitrogens with one attached hydrogen (secondary N) is 1. The van der Waals surface area contributed by atoms with E-state index in [-0.39, 0.29) is 22.8 Å². The Kier molecular flexibility index (Phi) is 6.13. The summed E-state index contributed by atoms with van der Waals surface area (Å²) in [5.41, 5.74) is 0.827. The number of rotatable bonds is 5. The average Bonchev–Trinajstić information content (AvgIpc) is 2.86. The molecule has 25 heavy (non-hydrogen) atoms. The quantitative estimate of drug-likeness (QED) is 0.581. The van der Waals surface area contributed by atoms with Gasteiger partial charge in [-0.1, -0.05) is 18.5 Å². The fourth-order valence-electron chi connectivity index (χ4n) is 2.38. The minimum absolute atomic E-state index is 0.194. The molecule has 0 saturated heterocycles. The molecule has 0 aliphatic rings. The first-order valence-electron chi connectivity index (χ1n) is 7.55. The van der Waals surface area contributed by atoms with Gasteiger partial charge in [-0.25, -0.2) is 13.6 Å². The van der Waals surface area contributed by atoms with Crippen LogP contribution in [0.15, 0.2) is 12.1 Å². The number of amides is 1. The van der Waals surface area contributed by atoms with Crippen molar-refractivity contribution in [2.24, 2.45) is 0 Å². The maximum atomic E-state index is 13.4. The number of thiophene rings is 1. The van der Waals surface area contributed by atoms with Crippen molar-refractivity contribution < 1.29 is 23.1 Å². The third kappa shape index (κ3) is 3.99. The molecule has 1 aromatic heterocycles. The summed E-state index contributed by atoms with van der Waals surface area (Å²) in [4.78, 5) is 25.5. The van der Waals surface area contributed by atoms with Crippen molar-refractivity contribution in [2.75, 3.05) is 11.9 Å². The molecule has 0 spiro atoms. The van der Waals surface area contributed by atoms with Crippen LogP contribution < -0.4 is 5.32 Å². The minimum atomic E-state index is -1.18. The van der Waals surface area contributed by atoms with Crippen molar-refractivity contribution in [3.05, 3.63) is 50.4 Å². The van der Waals surface area contributed by atoms with Gasteiger partial charge in [0.15, 0.2) is 11.6 Å². The number of hydrogen-bond donors (Lipinski definition) is 1. The van der Waals surface area contributed by atoms with E-state index < -0.39 is 23.5 Å². The first-order chi connectivity index (χ1) is 11.8. The average molecular weight is 388 g/mol. The second-order valence-electron chi connectivity index (χ2n) is 5.12. The lowest BCUT2D eigenvalue weighted by molar-refractivity contribution is 0.0527. The predicted molar refractivity (Wildman–Crippen MR) is 93.7 cm³/mol. The van der Waals surface area contributed by atoms with Gasteiger partial charge in [-0.05, 0) is 38.0 Å². The highest BCUT2D eigenvalue weighted by atomic mass is 35.5. The molecule has 0 radical (unpaired) electrons. The summed E-state index contributed by atoms with van der Waals surface area (Å²) in [6, 6.07) is 1.45. The van der Waals surface area contributed by atoms with Crippen LogP contribution in [0.5, 0.6) is 0 Å². The van der Waals surface area contributed by atoms with Gasteiger partial charge in [0, 0.05) is 4.88 Å². The topological polar surface area (TPSA) is 55.4 Å². The van der Waals surface area contributed by atoms with E-state index >= 15 is 0 Å². The second-order valence-corrected chi connectivity index (χ2v) is 6.75. The van der Waals surface area contributed by atoms with E-state index in [4.69, 9.17) is 16.3 Å². The molecule has 1 aromatic carbocycles. The molecule has 2 rings (SSSR count). The molecule has 134 valence electrons. The van der Waals surface area contributed by atoms with E-state index in [0.717, 1.165) is 22.6 Å². The Morgan fingerprint density at radius 3 is 2.48 bits per heavy atom. The van der Waals surface area contributed by atoms with Crippen LogP contribution in [0, 0.1) is 18.6 Å². The van der Waals surface area contributed by atoms with Crippen LogP contribution in [-0.2, 0) is 11.2 Å². The zero-order chi connectivity index (χ0) is 18.7. The van der Waals surface area contributed by atoms with Crippen LogP contribution in [-0.4, -0.2) is 18.5 Å². The summed E-state index contributed by atoms with van der Waals surface area (Å²) >= 11 is 7.03. The van der Waals surface area contributed by atoms with E-state index in [1.165, 1.54) is 11.3 Å². The fraction of sp³-hybridized carbons (Fsp3) is 0.294. The van der Waals surface area contributed by atoms with E-state index in [1.54, 1.807) is 6.92 Å². The SMILES string of the molecule is CCOC(=O)c1c(NC(=O)c2cc(F)c(F)cc2Cl)sc(C)c1CC. The third-order valence-electron chi connectivity index (χ3n) is 3.52. The van der Waals surface area contributed by atoms with E-state index in [2.05, 4.69) is 5.32 Å². The molecule has 0 unspecified atom stereocenters. The molecular formula is C17H16ClF2NO3S. The van der Waals surface area contributed by atoms with Crippen molar-refractivity contribution in [1.29, 1.82) is 0 Å². The standard InChI is InChI=1S/C17H16ClF2NO3S/c1-4-9-8(3)25-16(14(9)17(23)24-5-2)21-15(22)10-6-12(19)13(20)7-11(10)18/h6-7H,4-5H2,1-3H3,(H,21,22). The summed E-state index contributed by atoms with van der Waals surface area (Å²) in [5.74, 6) is -3.61. The number of hydrogen-bond acceptors (Lipinski definition) is 4. The summed E-state index contributed by atoms with van der Waals surface area (Å²) < 4.78 is 31.6. The Balaban J connectivity index is 2.42. The van der Waals surface area contributed by atoms with Crippen LogP contribution in [0.1, 0.15) is 45.0 Å². The first kappa shape index (κ1) is 19.3.